The maximum absolute atomic E-state index is 11.0. The summed E-state index contributed by atoms with van der Waals surface area (Å²) in [4.78, 5) is 11.0. The van der Waals surface area contributed by atoms with Crippen molar-refractivity contribution in [2.75, 3.05) is 6.61 Å². The average Bonchev–Trinajstić information content (AvgIpc) is 2.31. The first-order valence-corrected chi connectivity index (χ1v) is 4.06. The predicted molar refractivity (Wildman–Crippen MR) is 42.0 cm³/mol. The standard InChI is InChI=1S/C8H15NO2/c1-5(2)7-3-6(4-10)8(11)9-7/h5-7,10H,3-4H2,1-2H3,(H,9,11). The van der Waals surface area contributed by atoms with Crippen LogP contribution in [0.2, 0.25) is 0 Å². The zero-order valence-electron chi connectivity index (χ0n) is 7.00. The van der Waals surface area contributed by atoms with E-state index >= 15 is 0 Å². The minimum atomic E-state index is -0.164. The second-order valence-corrected chi connectivity index (χ2v) is 3.47. The minimum Gasteiger partial charge on any atom is -0.396 e. The van der Waals surface area contributed by atoms with Gasteiger partial charge in [-0.1, -0.05) is 13.8 Å². The Balaban J connectivity index is 2.49. The molecule has 0 radical (unpaired) electrons. The van der Waals surface area contributed by atoms with Crippen LogP contribution in [0.4, 0.5) is 0 Å². The van der Waals surface area contributed by atoms with E-state index in [-0.39, 0.29) is 24.5 Å². The lowest BCUT2D eigenvalue weighted by molar-refractivity contribution is -0.123. The molecule has 2 N–H and O–H groups in total. The van der Waals surface area contributed by atoms with Crippen molar-refractivity contribution in [3.63, 3.8) is 0 Å². The van der Waals surface area contributed by atoms with E-state index in [4.69, 9.17) is 5.11 Å². The summed E-state index contributed by atoms with van der Waals surface area (Å²) in [5.41, 5.74) is 0. The molecule has 3 heteroatoms. The van der Waals surface area contributed by atoms with Crippen LogP contribution in [0.25, 0.3) is 0 Å². The van der Waals surface area contributed by atoms with Crippen molar-refractivity contribution in [2.24, 2.45) is 11.8 Å². The van der Waals surface area contributed by atoms with Gasteiger partial charge < -0.3 is 10.4 Å². The van der Waals surface area contributed by atoms with Gasteiger partial charge in [-0.25, -0.2) is 0 Å². The number of rotatable bonds is 2. The second kappa shape index (κ2) is 3.22. The summed E-state index contributed by atoms with van der Waals surface area (Å²) < 4.78 is 0. The Labute approximate surface area is 66.8 Å². The van der Waals surface area contributed by atoms with Crippen molar-refractivity contribution in [1.29, 1.82) is 0 Å². The number of aliphatic hydroxyl groups is 1. The number of hydrogen-bond donors (Lipinski definition) is 2. The van der Waals surface area contributed by atoms with Crippen LogP contribution in [-0.4, -0.2) is 23.7 Å². The van der Waals surface area contributed by atoms with Gasteiger partial charge in [0, 0.05) is 6.04 Å². The van der Waals surface area contributed by atoms with Crippen LogP contribution in [0, 0.1) is 11.8 Å². The predicted octanol–water partition coefficient (Wildman–Crippen LogP) is 0.139. The van der Waals surface area contributed by atoms with Crippen LogP contribution in [0.5, 0.6) is 0 Å². The minimum absolute atomic E-state index is 0.00574. The molecule has 0 aromatic carbocycles. The number of aliphatic hydroxyl groups excluding tert-OH is 1. The molecule has 3 nitrogen and oxygen atoms in total. The highest BCUT2D eigenvalue weighted by Gasteiger charge is 2.32. The first-order chi connectivity index (χ1) is 5.15. The van der Waals surface area contributed by atoms with E-state index in [0.29, 0.717) is 5.92 Å². The van der Waals surface area contributed by atoms with Crippen molar-refractivity contribution in [3.05, 3.63) is 0 Å². The van der Waals surface area contributed by atoms with E-state index in [1.807, 2.05) is 0 Å². The van der Waals surface area contributed by atoms with Crippen LogP contribution in [0.1, 0.15) is 20.3 Å². The number of amides is 1. The molecule has 1 saturated heterocycles. The highest BCUT2D eigenvalue weighted by molar-refractivity contribution is 5.81. The lowest BCUT2D eigenvalue weighted by atomic mass is 9.98. The van der Waals surface area contributed by atoms with Gasteiger partial charge in [0.15, 0.2) is 0 Å². The zero-order chi connectivity index (χ0) is 8.43. The van der Waals surface area contributed by atoms with Gasteiger partial charge in [-0.15, -0.1) is 0 Å². The molecule has 2 unspecified atom stereocenters. The number of carbonyl (C=O) groups is 1. The molecule has 0 saturated carbocycles. The van der Waals surface area contributed by atoms with Gasteiger partial charge in [-0.3, -0.25) is 4.79 Å². The SMILES string of the molecule is CC(C)C1CC(CO)C(=O)N1. The molecule has 0 bridgehead atoms. The fraction of sp³-hybridized carbons (Fsp3) is 0.875. The van der Waals surface area contributed by atoms with Gasteiger partial charge in [0.1, 0.15) is 0 Å². The quantitative estimate of drug-likeness (QED) is 0.599. The van der Waals surface area contributed by atoms with Gasteiger partial charge in [0.2, 0.25) is 5.91 Å². The summed E-state index contributed by atoms with van der Waals surface area (Å²) in [6, 6.07) is 0.264. The summed E-state index contributed by atoms with van der Waals surface area (Å²) in [6.45, 7) is 4.13. The Kier molecular flexibility index (Phi) is 2.49. The molecular weight excluding hydrogens is 142 g/mol. The number of hydrogen-bond acceptors (Lipinski definition) is 2. The Morgan fingerprint density at radius 3 is 2.64 bits per heavy atom. The van der Waals surface area contributed by atoms with E-state index in [9.17, 15) is 4.79 Å². The molecule has 2 atom stereocenters. The van der Waals surface area contributed by atoms with Crippen LogP contribution in [0.15, 0.2) is 0 Å². The number of carbonyl (C=O) groups excluding carboxylic acids is 1. The van der Waals surface area contributed by atoms with E-state index in [1.54, 1.807) is 0 Å². The average molecular weight is 157 g/mol. The van der Waals surface area contributed by atoms with Crippen molar-refractivity contribution < 1.29 is 9.90 Å². The molecule has 0 aromatic heterocycles. The third-order valence-corrected chi connectivity index (χ3v) is 2.26. The Morgan fingerprint density at radius 1 is 1.73 bits per heavy atom. The van der Waals surface area contributed by atoms with Gasteiger partial charge >= 0.3 is 0 Å². The summed E-state index contributed by atoms with van der Waals surface area (Å²) >= 11 is 0. The molecule has 1 aliphatic rings. The Morgan fingerprint density at radius 2 is 2.36 bits per heavy atom. The monoisotopic (exact) mass is 157 g/mol. The molecule has 64 valence electrons. The molecule has 1 aliphatic heterocycles. The van der Waals surface area contributed by atoms with Crippen LogP contribution < -0.4 is 5.32 Å². The zero-order valence-corrected chi connectivity index (χ0v) is 7.00. The third kappa shape index (κ3) is 1.71. The molecule has 0 spiro atoms. The van der Waals surface area contributed by atoms with E-state index in [2.05, 4.69) is 19.2 Å². The fourth-order valence-corrected chi connectivity index (χ4v) is 1.37. The van der Waals surface area contributed by atoms with Crippen LogP contribution in [0.3, 0.4) is 0 Å². The maximum Gasteiger partial charge on any atom is 0.225 e. The second-order valence-electron chi connectivity index (χ2n) is 3.47. The van der Waals surface area contributed by atoms with Crippen molar-refractivity contribution in [3.8, 4) is 0 Å². The fourth-order valence-electron chi connectivity index (χ4n) is 1.37. The molecule has 1 heterocycles. The van der Waals surface area contributed by atoms with Gasteiger partial charge in [-0.05, 0) is 12.3 Å². The first-order valence-electron chi connectivity index (χ1n) is 4.06. The van der Waals surface area contributed by atoms with Gasteiger partial charge in [-0.2, -0.15) is 0 Å². The molecule has 1 rings (SSSR count). The van der Waals surface area contributed by atoms with Crippen molar-refractivity contribution in [1.82, 2.24) is 5.32 Å². The third-order valence-electron chi connectivity index (χ3n) is 2.26. The van der Waals surface area contributed by atoms with E-state index in [1.165, 1.54) is 0 Å². The molecule has 1 amide bonds. The van der Waals surface area contributed by atoms with Crippen LogP contribution in [-0.2, 0) is 4.79 Å². The largest absolute Gasteiger partial charge is 0.396 e. The van der Waals surface area contributed by atoms with Gasteiger partial charge in [0.05, 0.1) is 12.5 Å². The van der Waals surface area contributed by atoms with Crippen molar-refractivity contribution >= 4 is 5.91 Å². The maximum atomic E-state index is 11.0. The molecule has 1 fully saturated rings. The lowest BCUT2D eigenvalue weighted by Gasteiger charge is -2.12. The molecule has 0 aliphatic carbocycles. The number of nitrogens with one attached hydrogen (secondary N) is 1. The summed E-state index contributed by atoms with van der Waals surface area (Å²) in [7, 11) is 0. The summed E-state index contributed by atoms with van der Waals surface area (Å²) in [6.07, 6.45) is 0.785. The normalized spacial score (nSPS) is 31.1. The van der Waals surface area contributed by atoms with Crippen molar-refractivity contribution in [2.45, 2.75) is 26.3 Å². The first kappa shape index (κ1) is 8.53. The smallest absolute Gasteiger partial charge is 0.225 e. The summed E-state index contributed by atoms with van der Waals surface area (Å²) in [5.74, 6) is 0.309. The van der Waals surface area contributed by atoms with Gasteiger partial charge in [0.25, 0.3) is 0 Å². The Bertz CT molecular complexity index is 156. The van der Waals surface area contributed by atoms with Crippen LogP contribution >= 0.6 is 0 Å². The topological polar surface area (TPSA) is 49.3 Å². The lowest BCUT2D eigenvalue weighted by Crippen LogP contribution is -2.30. The van der Waals surface area contributed by atoms with E-state index in [0.717, 1.165) is 6.42 Å². The van der Waals surface area contributed by atoms with E-state index < -0.39 is 0 Å². The summed E-state index contributed by atoms with van der Waals surface area (Å²) in [5, 5.41) is 11.6. The highest BCUT2D eigenvalue weighted by atomic mass is 16.3. The molecule has 11 heavy (non-hydrogen) atoms. The molecular formula is C8H15NO2. The highest BCUT2D eigenvalue weighted by Crippen LogP contribution is 2.19. The molecule has 0 aromatic rings. The Hall–Kier alpha value is -0.570.